The van der Waals surface area contributed by atoms with Crippen molar-refractivity contribution >= 4 is 32.7 Å². The Morgan fingerprint density at radius 1 is 0.941 bits per heavy atom. The van der Waals surface area contributed by atoms with Crippen molar-refractivity contribution in [3.05, 3.63) is 40.9 Å². The highest BCUT2D eigenvalue weighted by Gasteiger charge is 2.13. The first-order valence-corrected chi connectivity index (χ1v) is 5.82. The molecule has 3 rings (SSSR count). The molecule has 0 unspecified atom stereocenters. The Balaban J connectivity index is 2.35. The second kappa shape index (κ2) is 3.85. The topological polar surface area (TPSA) is 64.9 Å². The van der Waals surface area contributed by atoms with Gasteiger partial charge in [-0.15, -0.1) is 0 Å². The predicted octanol–water partition coefficient (Wildman–Crippen LogP) is 3.23. The molecule has 0 aliphatic heterocycles. The number of benzene rings is 2. The molecular formula is C12H8BrN3O. The van der Waals surface area contributed by atoms with E-state index in [1.165, 1.54) is 0 Å². The number of nitrogen functional groups attached to an aromatic ring is 1. The maximum atomic E-state index is 5.96. The van der Waals surface area contributed by atoms with E-state index in [2.05, 4.69) is 26.2 Å². The van der Waals surface area contributed by atoms with Crippen molar-refractivity contribution in [2.45, 2.75) is 0 Å². The first kappa shape index (κ1) is 10.3. The Labute approximate surface area is 106 Å². The summed E-state index contributed by atoms with van der Waals surface area (Å²) in [5, 5.41) is 7.79. The van der Waals surface area contributed by atoms with Gasteiger partial charge in [-0.2, -0.15) is 0 Å². The molecule has 0 amide bonds. The molecule has 0 saturated carbocycles. The van der Waals surface area contributed by atoms with Gasteiger partial charge in [0.15, 0.2) is 0 Å². The molecule has 3 aromatic rings. The SMILES string of the molecule is Nc1ccccc1-c1ccc(Br)c2nonc12. The largest absolute Gasteiger partial charge is 0.398 e. The highest BCUT2D eigenvalue weighted by atomic mass is 79.9. The van der Waals surface area contributed by atoms with E-state index in [-0.39, 0.29) is 0 Å². The molecule has 0 aliphatic rings. The van der Waals surface area contributed by atoms with Crippen LogP contribution in [0.4, 0.5) is 5.69 Å². The summed E-state index contributed by atoms with van der Waals surface area (Å²) in [5.74, 6) is 0. The molecule has 4 nitrogen and oxygen atoms in total. The van der Waals surface area contributed by atoms with Crippen molar-refractivity contribution in [1.82, 2.24) is 10.3 Å². The van der Waals surface area contributed by atoms with Crippen LogP contribution in [0.25, 0.3) is 22.2 Å². The maximum absolute atomic E-state index is 5.96. The third-order valence-electron chi connectivity index (χ3n) is 2.62. The molecular weight excluding hydrogens is 282 g/mol. The lowest BCUT2D eigenvalue weighted by Crippen LogP contribution is -1.90. The summed E-state index contributed by atoms with van der Waals surface area (Å²) in [4.78, 5) is 0. The van der Waals surface area contributed by atoms with Gasteiger partial charge < -0.3 is 5.73 Å². The molecule has 5 heteroatoms. The van der Waals surface area contributed by atoms with Crippen molar-refractivity contribution in [1.29, 1.82) is 0 Å². The van der Waals surface area contributed by atoms with Crippen LogP contribution in [-0.4, -0.2) is 10.3 Å². The van der Waals surface area contributed by atoms with E-state index in [0.29, 0.717) is 16.7 Å². The third kappa shape index (κ3) is 1.59. The fourth-order valence-corrected chi connectivity index (χ4v) is 2.19. The number of nitrogens with zero attached hydrogens (tertiary/aromatic N) is 2. The number of hydrogen-bond acceptors (Lipinski definition) is 4. The van der Waals surface area contributed by atoms with Crippen LogP contribution in [0.5, 0.6) is 0 Å². The molecule has 1 aromatic heterocycles. The molecule has 0 atom stereocenters. The van der Waals surface area contributed by atoms with Crippen LogP contribution in [0, 0.1) is 0 Å². The zero-order valence-electron chi connectivity index (χ0n) is 8.72. The lowest BCUT2D eigenvalue weighted by Gasteiger charge is -2.05. The number of rotatable bonds is 1. The smallest absolute Gasteiger partial charge is 0.150 e. The Bertz CT molecular complexity index is 693. The highest BCUT2D eigenvalue weighted by molar-refractivity contribution is 9.10. The average molecular weight is 290 g/mol. The predicted molar refractivity (Wildman–Crippen MR) is 69.4 cm³/mol. The quantitative estimate of drug-likeness (QED) is 0.699. The van der Waals surface area contributed by atoms with Gasteiger partial charge in [-0.05, 0) is 38.4 Å². The van der Waals surface area contributed by atoms with Crippen LogP contribution in [0.3, 0.4) is 0 Å². The van der Waals surface area contributed by atoms with Gasteiger partial charge in [0.05, 0.1) is 0 Å². The van der Waals surface area contributed by atoms with Gasteiger partial charge in [-0.25, -0.2) is 4.63 Å². The van der Waals surface area contributed by atoms with Gasteiger partial charge in [-0.3, -0.25) is 0 Å². The van der Waals surface area contributed by atoms with Crippen molar-refractivity contribution in [2.75, 3.05) is 5.73 Å². The molecule has 0 bridgehead atoms. The molecule has 0 radical (unpaired) electrons. The molecule has 0 fully saturated rings. The van der Waals surface area contributed by atoms with E-state index >= 15 is 0 Å². The minimum absolute atomic E-state index is 0.700. The van der Waals surface area contributed by atoms with Crippen LogP contribution in [0.15, 0.2) is 45.5 Å². The highest BCUT2D eigenvalue weighted by Crippen LogP contribution is 2.33. The molecule has 0 aliphatic carbocycles. The van der Waals surface area contributed by atoms with Crippen molar-refractivity contribution in [3.8, 4) is 11.1 Å². The van der Waals surface area contributed by atoms with E-state index in [0.717, 1.165) is 15.6 Å². The Morgan fingerprint density at radius 2 is 1.71 bits per heavy atom. The van der Waals surface area contributed by atoms with Gasteiger partial charge in [0, 0.05) is 21.3 Å². The second-order valence-electron chi connectivity index (χ2n) is 3.64. The van der Waals surface area contributed by atoms with Crippen LogP contribution < -0.4 is 5.73 Å². The normalized spacial score (nSPS) is 10.9. The average Bonchev–Trinajstić information content (AvgIpc) is 2.81. The lowest BCUT2D eigenvalue weighted by molar-refractivity contribution is 0.315. The number of nitrogens with two attached hydrogens (primary N) is 1. The van der Waals surface area contributed by atoms with Gasteiger partial charge in [0.25, 0.3) is 0 Å². The summed E-state index contributed by atoms with van der Waals surface area (Å²) in [7, 11) is 0. The van der Waals surface area contributed by atoms with Gasteiger partial charge in [0.2, 0.25) is 0 Å². The Hall–Kier alpha value is -1.88. The van der Waals surface area contributed by atoms with Crippen molar-refractivity contribution in [3.63, 3.8) is 0 Å². The fourth-order valence-electron chi connectivity index (χ4n) is 1.80. The van der Waals surface area contributed by atoms with Gasteiger partial charge in [-0.1, -0.05) is 24.3 Å². The molecule has 84 valence electrons. The first-order chi connectivity index (χ1) is 8.27. The third-order valence-corrected chi connectivity index (χ3v) is 3.26. The lowest BCUT2D eigenvalue weighted by atomic mass is 10.0. The van der Waals surface area contributed by atoms with Crippen molar-refractivity contribution < 1.29 is 4.63 Å². The number of aromatic nitrogens is 2. The molecule has 1 heterocycles. The van der Waals surface area contributed by atoms with Crippen LogP contribution in [0.2, 0.25) is 0 Å². The molecule has 0 spiro atoms. The fraction of sp³-hybridized carbons (Fsp3) is 0. The van der Waals surface area contributed by atoms with Gasteiger partial charge in [0.1, 0.15) is 11.0 Å². The second-order valence-corrected chi connectivity index (χ2v) is 4.50. The number of halogens is 1. The van der Waals surface area contributed by atoms with Gasteiger partial charge >= 0.3 is 0 Å². The van der Waals surface area contributed by atoms with Crippen LogP contribution in [-0.2, 0) is 0 Å². The molecule has 17 heavy (non-hydrogen) atoms. The molecule has 2 N–H and O–H groups in total. The summed E-state index contributed by atoms with van der Waals surface area (Å²) in [6.45, 7) is 0. The van der Waals surface area contributed by atoms with E-state index in [1.807, 2.05) is 36.4 Å². The number of anilines is 1. The first-order valence-electron chi connectivity index (χ1n) is 5.03. The summed E-state index contributed by atoms with van der Waals surface area (Å²) in [5.41, 5.74) is 9.92. The zero-order valence-corrected chi connectivity index (χ0v) is 10.3. The zero-order chi connectivity index (χ0) is 11.8. The van der Waals surface area contributed by atoms with Crippen LogP contribution in [0.1, 0.15) is 0 Å². The van der Waals surface area contributed by atoms with Crippen molar-refractivity contribution in [2.24, 2.45) is 0 Å². The summed E-state index contributed by atoms with van der Waals surface area (Å²) >= 11 is 3.41. The van der Waals surface area contributed by atoms with E-state index in [9.17, 15) is 0 Å². The number of para-hydroxylation sites is 1. The monoisotopic (exact) mass is 289 g/mol. The van der Waals surface area contributed by atoms with E-state index < -0.39 is 0 Å². The van der Waals surface area contributed by atoms with Crippen LogP contribution >= 0.6 is 15.9 Å². The van der Waals surface area contributed by atoms with E-state index in [1.54, 1.807) is 0 Å². The number of fused-ring (bicyclic) bond motifs is 1. The molecule has 2 aromatic carbocycles. The minimum Gasteiger partial charge on any atom is -0.398 e. The number of hydrogen-bond donors (Lipinski definition) is 1. The molecule has 0 saturated heterocycles. The summed E-state index contributed by atoms with van der Waals surface area (Å²) in [6.07, 6.45) is 0. The summed E-state index contributed by atoms with van der Waals surface area (Å²) in [6, 6.07) is 11.5. The Kier molecular flexibility index (Phi) is 2.33. The minimum atomic E-state index is 0.700. The maximum Gasteiger partial charge on any atom is 0.150 e. The Morgan fingerprint density at radius 3 is 2.53 bits per heavy atom. The van der Waals surface area contributed by atoms with E-state index in [4.69, 9.17) is 10.4 Å². The summed E-state index contributed by atoms with van der Waals surface area (Å²) < 4.78 is 5.63. The standard InChI is InChI=1S/C12H8BrN3O/c13-9-6-5-8(11-12(9)16-17-15-11)7-3-1-2-4-10(7)14/h1-6H,14H2.